The van der Waals surface area contributed by atoms with Gasteiger partial charge in [-0.3, -0.25) is 24.0 Å². The van der Waals surface area contributed by atoms with E-state index in [1.807, 2.05) is 13.8 Å². The summed E-state index contributed by atoms with van der Waals surface area (Å²) in [5.74, 6) is -0.386. The van der Waals surface area contributed by atoms with Crippen molar-refractivity contribution in [3.63, 3.8) is 0 Å². The number of H-pyrrole nitrogens is 1. The third kappa shape index (κ3) is 3.88. The van der Waals surface area contributed by atoms with Crippen LogP contribution in [0.5, 0.6) is 0 Å². The summed E-state index contributed by atoms with van der Waals surface area (Å²) in [5, 5.41) is 0. The summed E-state index contributed by atoms with van der Waals surface area (Å²) in [7, 11) is 1.48. The monoisotopic (exact) mass is 364 g/mol. The van der Waals surface area contributed by atoms with Crippen molar-refractivity contribution in [1.82, 2.24) is 9.55 Å². The molecule has 0 saturated carbocycles. The molecule has 2 rings (SSSR count). The number of ether oxygens (including phenoxy) is 1. The van der Waals surface area contributed by atoms with Gasteiger partial charge in [-0.05, 0) is 18.9 Å². The molecule has 0 bridgehead atoms. The molecule has 0 aliphatic carbocycles. The van der Waals surface area contributed by atoms with E-state index in [2.05, 4.69) is 4.98 Å². The fourth-order valence-electron chi connectivity index (χ4n) is 2.60. The second-order valence-electron chi connectivity index (χ2n) is 6.38. The van der Waals surface area contributed by atoms with Gasteiger partial charge in [-0.2, -0.15) is 0 Å². The quantitative estimate of drug-likeness (QED) is 0.754. The highest BCUT2D eigenvalue weighted by Crippen LogP contribution is 2.21. The van der Waals surface area contributed by atoms with Crippen molar-refractivity contribution < 1.29 is 13.9 Å². The molecule has 2 heterocycles. The molecule has 0 spiro atoms. The normalized spacial score (nSPS) is 11.1. The molecule has 26 heavy (non-hydrogen) atoms. The number of nitrogens with zero attached hydrogens (tertiary/aromatic N) is 2. The van der Waals surface area contributed by atoms with E-state index in [4.69, 9.17) is 14.9 Å². The van der Waals surface area contributed by atoms with Crippen molar-refractivity contribution in [3.05, 3.63) is 44.5 Å². The van der Waals surface area contributed by atoms with Gasteiger partial charge in [0, 0.05) is 19.2 Å². The minimum Gasteiger partial charge on any atom is -0.459 e. The molecular formula is C17H24N4O5. The lowest BCUT2D eigenvalue weighted by atomic mass is 10.2. The topological polar surface area (TPSA) is 124 Å². The van der Waals surface area contributed by atoms with E-state index >= 15 is 0 Å². The molecule has 0 aromatic carbocycles. The van der Waals surface area contributed by atoms with Crippen LogP contribution in [0.1, 0.15) is 30.0 Å². The maximum Gasteiger partial charge on any atom is 0.330 e. The molecule has 2 aromatic rings. The van der Waals surface area contributed by atoms with Crippen LogP contribution in [0.2, 0.25) is 0 Å². The van der Waals surface area contributed by atoms with Crippen LogP contribution in [-0.4, -0.2) is 35.7 Å². The number of hydrogen-bond acceptors (Lipinski definition) is 6. The van der Waals surface area contributed by atoms with Crippen LogP contribution >= 0.6 is 0 Å². The van der Waals surface area contributed by atoms with Gasteiger partial charge in [0.2, 0.25) is 0 Å². The van der Waals surface area contributed by atoms with Crippen LogP contribution in [0, 0.1) is 12.8 Å². The predicted octanol–water partition coefficient (Wildman–Crippen LogP) is 0.969. The first-order valence-corrected chi connectivity index (χ1v) is 8.25. The number of aryl methyl sites for hydroxylation is 1. The zero-order valence-electron chi connectivity index (χ0n) is 15.4. The average Bonchev–Trinajstić information content (AvgIpc) is 2.99. The number of amides is 1. The minimum atomic E-state index is -0.735. The number of rotatable bonds is 7. The molecule has 2 aromatic heterocycles. The summed E-state index contributed by atoms with van der Waals surface area (Å²) in [4.78, 5) is 40.9. The fraction of sp³-hybridized carbons (Fsp3) is 0.471. The summed E-state index contributed by atoms with van der Waals surface area (Å²) < 4.78 is 11.6. The molecule has 0 radical (unpaired) electrons. The van der Waals surface area contributed by atoms with E-state index in [9.17, 15) is 14.4 Å². The smallest absolute Gasteiger partial charge is 0.330 e. The molecule has 142 valence electrons. The van der Waals surface area contributed by atoms with Gasteiger partial charge in [-0.1, -0.05) is 13.8 Å². The molecule has 0 unspecified atom stereocenters. The number of nitrogens with two attached hydrogens (primary N) is 1. The van der Waals surface area contributed by atoms with E-state index in [0.717, 1.165) is 0 Å². The number of carbonyl (C=O) groups excluding carboxylic acids is 1. The van der Waals surface area contributed by atoms with E-state index in [1.165, 1.54) is 22.8 Å². The highest BCUT2D eigenvalue weighted by atomic mass is 16.5. The third-order valence-electron chi connectivity index (χ3n) is 3.85. The molecule has 0 aliphatic heterocycles. The van der Waals surface area contributed by atoms with Gasteiger partial charge >= 0.3 is 5.69 Å². The number of methoxy groups -OCH3 is 1. The molecular weight excluding hydrogens is 340 g/mol. The van der Waals surface area contributed by atoms with Crippen molar-refractivity contribution in [3.8, 4) is 0 Å². The Balaban J connectivity index is 2.61. The largest absolute Gasteiger partial charge is 0.459 e. The van der Waals surface area contributed by atoms with Crippen LogP contribution in [-0.2, 0) is 11.3 Å². The highest BCUT2D eigenvalue weighted by molar-refractivity contribution is 6.06. The second kappa shape index (κ2) is 8.05. The Labute approximate surface area is 150 Å². The molecule has 0 aliphatic rings. The average molecular weight is 364 g/mol. The third-order valence-corrected chi connectivity index (χ3v) is 3.85. The van der Waals surface area contributed by atoms with Gasteiger partial charge < -0.3 is 14.9 Å². The molecule has 1 amide bonds. The number of aromatic amines is 1. The standard InChI is InChI=1S/C17H24N4O5/c1-10(2)9-21-14(18)12(15(22)19-17(21)24)20(6-8-25-4)16(23)13-11(3)5-7-26-13/h5,7,10H,6,8-9,18H2,1-4H3,(H,19,22,24). The van der Waals surface area contributed by atoms with Crippen molar-refractivity contribution in [1.29, 1.82) is 0 Å². The zero-order valence-corrected chi connectivity index (χ0v) is 15.4. The van der Waals surface area contributed by atoms with E-state index in [0.29, 0.717) is 12.1 Å². The SMILES string of the molecule is COCCN(C(=O)c1occc1C)c1c(N)n(CC(C)C)c(=O)[nH]c1=O. The Hall–Kier alpha value is -2.81. The molecule has 3 N–H and O–H groups in total. The summed E-state index contributed by atoms with van der Waals surface area (Å²) in [6, 6.07) is 1.65. The van der Waals surface area contributed by atoms with Crippen molar-refractivity contribution in [2.45, 2.75) is 27.3 Å². The Kier molecular flexibility index (Phi) is 6.04. The zero-order chi connectivity index (χ0) is 19.4. The van der Waals surface area contributed by atoms with E-state index < -0.39 is 17.2 Å². The van der Waals surface area contributed by atoms with Gasteiger partial charge in [-0.15, -0.1) is 0 Å². The van der Waals surface area contributed by atoms with Crippen molar-refractivity contribution >= 4 is 17.4 Å². The van der Waals surface area contributed by atoms with E-state index in [-0.39, 0.29) is 36.3 Å². The first kappa shape index (κ1) is 19.5. The van der Waals surface area contributed by atoms with Gasteiger partial charge in [0.05, 0.1) is 19.4 Å². The van der Waals surface area contributed by atoms with Crippen molar-refractivity contribution in [2.75, 3.05) is 30.9 Å². The number of nitrogen functional groups attached to an aromatic ring is 1. The van der Waals surface area contributed by atoms with E-state index in [1.54, 1.807) is 13.0 Å². The van der Waals surface area contributed by atoms with Gasteiger partial charge in [0.25, 0.3) is 11.5 Å². The van der Waals surface area contributed by atoms with Gasteiger partial charge in [0.15, 0.2) is 11.4 Å². The van der Waals surface area contributed by atoms with Crippen LogP contribution < -0.4 is 21.9 Å². The Morgan fingerprint density at radius 2 is 2.12 bits per heavy atom. The van der Waals surface area contributed by atoms with Crippen LogP contribution in [0.3, 0.4) is 0 Å². The second-order valence-corrected chi connectivity index (χ2v) is 6.38. The molecule has 9 heteroatoms. The first-order valence-electron chi connectivity index (χ1n) is 8.25. The lowest BCUT2D eigenvalue weighted by Crippen LogP contribution is -2.43. The number of furan rings is 1. The lowest BCUT2D eigenvalue weighted by molar-refractivity contribution is 0.0948. The van der Waals surface area contributed by atoms with Crippen molar-refractivity contribution in [2.24, 2.45) is 5.92 Å². The predicted molar refractivity (Wildman–Crippen MR) is 97.6 cm³/mol. The fourth-order valence-corrected chi connectivity index (χ4v) is 2.60. The van der Waals surface area contributed by atoms with Crippen LogP contribution in [0.15, 0.2) is 26.3 Å². The highest BCUT2D eigenvalue weighted by Gasteiger charge is 2.27. The maximum atomic E-state index is 12.9. The number of hydrogen-bond donors (Lipinski definition) is 2. The number of aromatic nitrogens is 2. The van der Waals surface area contributed by atoms with Gasteiger partial charge in [-0.25, -0.2) is 4.79 Å². The number of carbonyl (C=O) groups is 1. The Morgan fingerprint density at radius 1 is 1.42 bits per heavy atom. The molecule has 0 fully saturated rings. The summed E-state index contributed by atoms with van der Waals surface area (Å²) in [5.41, 5.74) is 5.30. The summed E-state index contributed by atoms with van der Waals surface area (Å²) >= 11 is 0. The number of nitrogens with one attached hydrogen (secondary N) is 1. The maximum absolute atomic E-state index is 12.9. The molecule has 0 saturated heterocycles. The van der Waals surface area contributed by atoms with Crippen LogP contribution in [0.25, 0.3) is 0 Å². The first-order chi connectivity index (χ1) is 12.3. The lowest BCUT2D eigenvalue weighted by Gasteiger charge is -2.24. The molecule has 0 atom stereocenters. The minimum absolute atomic E-state index is 0.0684. The van der Waals surface area contributed by atoms with Crippen LogP contribution in [0.4, 0.5) is 11.5 Å². The summed E-state index contributed by atoms with van der Waals surface area (Å²) in [6.45, 7) is 6.10. The number of anilines is 2. The molecule has 9 nitrogen and oxygen atoms in total. The Morgan fingerprint density at radius 3 is 2.65 bits per heavy atom. The Bertz CT molecular complexity index is 893. The van der Waals surface area contributed by atoms with Gasteiger partial charge in [0.1, 0.15) is 5.82 Å². The summed E-state index contributed by atoms with van der Waals surface area (Å²) in [6.07, 6.45) is 1.39.